The van der Waals surface area contributed by atoms with Crippen LogP contribution in [-0.2, 0) is 49.3 Å². The Kier molecular flexibility index (Phi) is 30.5. The molecule has 4 saturated heterocycles. The molecule has 13 atom stereocenters. The van der Waals surface area contributed by atoms with E-state index in [2.05, 4.69) is 51.5 Å². The number of likely N-dealkylation sites (tertiary alicyclic amines) is 1. The molecule has 5 heterocycles. The number of urea groups is 1. The van der Waals surface area contributed by atoms with Crippen LogP contribution in [0.1, 0.15) is 94.0 Å². The van der Waals surface area contributed by atoms with E-state index in [9.17, 15) is 74.6 Å². The monoisotopic (exact) mass is 1420 g/mol. The third-order valence-electron chi connectivity index (χ3n) is 17.2. The van der Waals surface area contributed by atoms with Gasteiger partial charge in [0.2, 0.25) is 35.4 Å². The Morgan fingerprint density at radius 2 is 1.39 bits per heavy atom. The Labute approximate surface area is 595 Å². The van der Waals surface area contributed by atoms with E-state index in [1.165, 1.54) is 41.4 Å². The molecule has 0 bridgehead atoms. The average molecular weight is 1420 g/mol. The molecule has 530 valence electrons. The molecule has 4 aliphatic heterocycles. The van der Waals surface area contributed by atoms with E-state index in [0.29, 0.717) is 41.0 Å². The normalized spacial score (nSPS) is 24.5. The molecular formula is C63H84N11NaO21S2. The van der Waals surface area contributed by atoms with Crippen molar-refractivity contribution in [2.24, 2.45) is 5.92 Å². The Hall–Kier alpha value is -6.87. The quantitative estimate of drug-likeness (QED) is 0.00985. The van der Waals surface area contributed by atoms with Crippen LogP contribution in [0.4, 0.5) is 4.79 Å². The molecule has 13 N–H and O–H groups in total. The van der Waals surface area contributed by atoms with Crippen molar-refractivity contribution in [1.82, 2.24) is 56.8 Å². The summed E-state index contributed by atoms with van der Waals surface area (Å²) in [6.07, 6.45) is -5.96. The smallest absolute Gasteiger partial charge is 0.691 e. The van der Waals surface area contributed by atoms with Crippen LogP contribution in [-0.4, -0.2) is 240 Å². The summed E-state index contributed by atoms with van der Waals surface area (Å²) in [6.45, 7) is 3.00. The van der Waals surface area contributed by atoms with Gasteiger partial charge in [0.25, 0.3) is 18.2 Å². The fraction of sp³-hybridized carbons (Fsp3) is 0.556. The molecule has 3 aromatic carbocycles. The summed E-state index contributed by atoms with van der Waals surface area (Å²) < 4.78 is 20.3. The Bertz CT molecular complexity index is 3320. The molecule has 0 saturated carbocycles. The number of aromatic hydroxyl groups is 1. The minimum absolute atomic E-state index is 0. The second kappa shape index (κ2) is 38.1. The zero-order valence-electron chi connectivity index (χ0n) is 54.7. The molecule has 98 heavy (non-hydrogen) atoms. The van der Waals surface area contributed by atoms with E-state index in [4.69, 9.17) is 13.7 Å². The van der Waals surface area contributed by atoms with Gasteiger partial charge in [-0.3, -0.25) is 38.6 Å². The van der Waals surface area contributed by atoms with Crippen molar-refractivity contribution >= 4 is 71.0 Å². The third-order valence-corrected chi connectivity index (χ3v) is 18.6. The number of aliphatic hydroxyl groups excluding tert-OH is 6. The largest absolute Gasteiger partial charge is 1.00 e. The number of phenols is 1. The number of rotatable bonds is 25. The molecule has 35 heteroatoms. The third kappa shape index (κ3) is 21.3. The molecule has 0 aliphatic carbocycles. The predicted molar refractivity (Wildman–Crippen MR) is 343 cm³/mol. The van der Waals surface area contributed by atoms with Gasteiger partial charge in [-0.05, 0) is 93.1 Å². The number of unbranched alkanes of at least 4 members (excludes halogenated alkanes) is 4. The summed E-state index contributed by atoms with van der Waals surface area (Å²) in [5.41, 5.74) is 1.48. The second-order valence-electron chi connectivity index (χ2n) is 24.4. The maximum atomic E-state index is 15.1. The number of β-amino-alcohol motifs (C(OH)–C–C–N with tert-alkyl or cyclic N) is 1. The van der Waals surface area contributed by atoms with Crippen LogP contribution in [0.15, 0.2) is 66.7 Å². The first-order valence-corrected chi connectivity index (χ1v) is 33.5. The number of ether oxygens (including phenoxy) is 2. The van der Waals surface area contributed by atoms with Gasteiger partial charge >= 0.3 is 35.6 Å². The summed E-state index contributed by atoms with van der Waals surface area (Å²) in [5.74, 6) is -8.92. The second-order valence-corrected chi connectivity index (χ2v) is 25.8. The number of amides is 9. The van der Waals surface area contributed by atoms with Gasteiger partial charge < -0.3 is 101 Å². The minimum Gasteiger partial charge on any atom is -0.691 e. The molecule has 0 unspecified atom stereocenters. The van der Waals surface area contributed by atoms with Crippen molar-refractivity contribution in [3.63, 3.8) is 0 Å². The number of nitrogens with zero attached hydrogens (tertiary/aromatic N) is 5. The van der Waals surface area contributed by atoms with E-state index in [-0.39, 0.29) is 71.8 Å². The van der Waals surface area contributed by atoms with Crippen LogP contribution < -0.4 is 75.6 Å². The zero-order valence-corrected chi connectivity index (χ0v) is 58.3. The van der Waals surface area contributed by atoms with Gasteiger partial charge in [0.15, 0.2) is 11.5 Å². The Balaban J connectivity index is 0.0000135. The molecule has 1 aromatic heterocycles. The van der Waals surface area contributed by atoms with Gasteiger partial charge in [-0.25, -0.2) is 4.79 Å². The van der Waals surface area contributed by atoms with E-state index >= 15 is 4.79 Å². The summed E-state index contributed by atoms with van der Waals surface area (Å²) in [5, 5.41) is 118. The Morgan fingerprint density at radius 1 is 0.755 bits per heavy atom. The first kappa shape index (κ1) is 78.5. The van der Waals surface area contributed by atoms with Crippen molar-refractivity contribution in [3.8, 4) is 38.4 Å². The Morgan fingerprint density at radius 3 is 2.05 bits per heavy atom. The molecule has 4 aromatic rings. The predicted octanol–water partition coefficient (Wildman–Crippen LogP) is -4.13. The molecule has 0 radical (unpaired) electrons. The standard InChI is InChI=1S/C63H85N11O21S2.Na/c1-34-32-74-52(53(34)81)58(86)65-31-40(76)29-43(66-54(82)37-12-14-38(15-13-37)59-70-71-60(96-59)39-16-18-42(19-17-39)92-26-10-6-4-5-9-25-91-3)55(83)67-49(35(2)75)61(87)73-33-41(77)30-44(73)56(84)68-50(47(80)27-36-11-20-45(78)48(28-36)93-97-95-94-90)57(85)69-51(62(74)88)46(79)21-22-64-63(89)72-23-7-8-24-72;/h11-20,28,34-35,40-41,43-44,46-47,49-53,75-81,90H,4-10,21-27,29-33H2,1-3H3,(H,64,89)(H,65,86)(H,66,82)(H,67,83)(H,68,84)(H,69,85);/q;+1/p-1/t34-,35+,40+,41+,43+,44+,46-,47-,49+,50+,51+,52+,53+;/m1./s1. The number of carbonyl (C=O) groups is 8. The summed E-state index contributed by atoms with van der Waals surface area (Å²) in [4.78, 5) is 119. The van der Waals surface area contributed by atoms with E-state index < -0.39 is 171 Å². The average Bonchev–Trinajstić information content (AvgIpc) is 1.62. The van der Waals surface area contributed by atoms with Gasteiger partial charge in [0.05, 0.1) is 43.2 Å². The molecular weight excluding hydrogens is 1330 g/mol. The molecule has 32 nitrogen and oxygen atoms in total. The maximum Gasteiger partial charge on any atom is 1.00 e. The number of fused-ring (bicyclic) bond motifs is 2. The number of nitrogens with one attached hydrogen (secondary N) is 6. The topological polar surface area (TPSA) is 455 Å². The van der Waals surface area contributed by atoms with Gasteiger partial charge in [-0.1, -0.05) is 55.7 Å². The summed E-state index contributed by atoms with van der Waals surface area (Å²) in [6, 6.07) is 5.17. The van der Waals surface area contributed by atoms with E-state index in [1.54, 1.807) is 19.2 Å². The van der Waals surface area contributed by atoms with Gasteiger partial charge in [-0.2, -0.15) is 0 Å². The van der Waals surface area contributed by atoms with Crippen LogP contribution in [0.3, 0.4) is 0 Å². The van der Waals surface area contributed by atoms with Crippen molar-refractivity contribution in [3.05, 3.63) is 77.9 Å². The summed E-state index contributed by atoms with van der Waals surface area (Å²) in [7, 11) is 1.70. The van der Waals surface area contributed by atoms with Crippen LogP contribution in [0.25, 0.3) is 21.1 Å². The number of methoxy groups -OCH3 is 1. The first-order chi connectivity index (χ1) is 46.5. The first-order valence-electron chi connectivity index (χ1n) is 32.0. The maximum absolute atomic E-state index is 15.1. The van der Waals surface area contributed by atoms with E-state index in [1.807, 2.05) is 24.3 Å². The summed E-state index contributed by atoms with van der Waals surface area (Å²) >= 11 is 1.30. The van der Waals surface area contributed by atoms with Crippen molar-refractivity contribution in [1.29, 1.82) is 0 Å². The van der Waals surface area contributed by atoms with Crippen LogP contribution in [0.5, 0.6) is 17.2 Å². The number of benzene rings is 3. The SMILES string of the molecule is COCCCCCCCOc1ccc(-c2nnc(-c3ccc(C(=O)N[C@H]4C[C@H](O)CNC(=O)[C@@H]5[C@@H](O)[C@H](C)CN5C(=O)[C@H]([C@H](O)CCNC(=O)N5CCCC5)NC(=O)[C@H]([C@H](O)Cc5ccc(O)c(OSOO[O-])c5)NC(=O)[C@@H]5C[C@H](O)CN5C(=O)[C@H]([C@H](C)O)NC4=O)cc3)s2)cc1.[Na+]. The number of aliphatic hydroxyl groups is 6. The zero-order chi connectivity index (χ0) is 69.9. The molecule has 0 spiro atoms. The van der Waals surface area contributed by atoms with Gasteiger partial charge in [0, 0.05) is 94.9 Å². The molecule has 4 aliphatic rings. The number of hydrogen-bond acceptors (Lipinski definition) is 25. The number of aromatic nitrogens is 2. The molecule has 8 rings (SSSR count). The number of hydrogen-bond donors (Lipinski definition) is 13. The fourth-order valence-electron chi connectivity index (χ4n) is 11.8. The van der Waals surface area contributed by atoms with E-state index in [0.717, 1.165) is 86.0 Å². The van der Waals surface area contributed by atoms with Crippen molar-refractivity contribution < 1.29 is 132 Å². The van der Waals surface area contributed by atoms with Gasteiger partial charge in [-0.15, -0.1) is 14.5 Å². The van der Waals surface area contributed by atoms with Crippen LogP contribution in [0.2, 0.25) is 0 Å². The minimum atomic E-state index is -2.16. The van der Waals surface area contributed by atoms with Crippen LogP contribution in [0, 0.1) is 5.92 Å². The molecule has 9 amide bonds. The number of phenolic OH excluding ortho intramolecular Hbond substituents is 1. The van der Waals surface area contributed by atoms with Crippen molar-refractivity contribution in [2.75, 3.05) is 59.6 Å². The van der Waals surface area contributed by atoms with Gasteiger partial charge in [0.1, 0.15) is 52.0 Å². The fourth-order valence-corrected chi connectivity index (χ4v) is 13.0. The van der Waals surface area contributed by atoms with Crippen molar-refractivity contribution in [2.45, 2.75) is 157 Å². The molecule has 4 fully saturated rings. The van der Waals surface area contributed by atoms with Crippen LogP contribution >= 0.6 is 23.7 Å². The number of carbonyl (C=O) groups excluding carboxylic acids is 8.